The van der Waals surface area contributed by atoms with Crippen LogP contribution in [0.15, 0.2) is 12.2 Å². The molecule has 117 heavy (non-hydrogen) atoms. The van der Waals surface area contributed by atoms with Crippen molar-refractivity contribution < 1.29 is 175 Å². The van der Waals surface area contributed by atoms with Crippen LogP contribution in [0.4, 0.5) is 0 Å². The van der Waals surface area contributed by atoms with Gasteiger partial charge in [0.1, 0.15) is 134 Å². The molecule has 0 aromatic carbocycles. The van der Waals surface area contributed by atoms with Crippen molar-refractivity contribution in [3.63, 3.8) is 0 Å². The van der Waals surface area contributed by atoms with Crippen LogP contribution in [0.3, 0.4) is 0 Å². The summed E-state index contributed by atoms with van der Waals surface area (Å²) in [6.45, 7) is 0.262. The molecule has 0 aromatic rings. The van der Waals surface area contributed by atoms with Crippen molar-refractivity contribution in [2.75, 3.05) is 39.6 Å². The van der Waals surface area contributed by atoms with E-state index in [2.05, 4.69) is 29.8 Å². The summed E-state index contributed by atoms with van der Waals surface area (Å²) < 4.78 is 112. The summed E-state index contributed by atoms with van der Waals surface area (Å²) in [6.07, 6.45) is -26.2. The Morgan fingerprint density at radius 1 is 0.547 bits per heavy atom. The number of allylic oxidation sites excluding steroid dienone is 1. The Morgan fingerprint density at radius 3 is 1.55 bits per heavy atom. The molecule has 0 radical (unpaired) electrons. The van der Waals surface area contributed by atoms with E-state index in [0.29, 0.717) is 12.8 Å². The predicted molar refractivity (Wildman–Crippen MR) is 407 cm³/mol. The lowest BCUT2D eigenvalue weighted by atomic mass is 9.84. The average molecular weight is 1710 g/mol. The number of aliphatic hydroxyl groups excluding tert-OH is 17. The van der Waals surface area contributed by atoms with Crippen LogP contribution in [0.25, 0.3) is 0 Å². The number of nitrogens with one attached hydrogen (secondary N) is 3. The summed E-state index contributed by atoms with van der Waals surface area (Å²) in [5.74, 6) is -5.35. The first kappa shape index (κ1) is 101. The number of ether oxygens (including phenoxy) is 12. The van der Waals surface area contributed by atoms with Crippen LogP contribution >= 0.6 is 0 Å². The summed E-state index contributed by atoms with van der Waals surface area (Å²) in [4.78, 5) is 40.9. The molecule has 8 saturated heterocycles. The van der Waals surface area contributed by atoms with Crippen molar-refractivity contribution in [2.24, 2.45) is 0 Å². The molecule has 8 aliphatic heterocycles. The summed E-state index contributed by atoms with van der Waals surface area (Å²) in [5.41, 5.74) is 0. The van der Waals surface area contributed by atoms with Gasteiger partial charge >= 0.3 is 10.4 Å². The quantitative estimate of drug-likeness (QED) is 0.0171. The van der Waals surface area contributed by atoms with Gasteiger partial charge in [-0.3, -0.25) is 18.9 Å². The third-order valence-electron chi connectivity index (χ3n) is 22.8. The fourth-order valence-electron chi connectivity index (χ4n) is 15.9. The topological polar surface area (TPSA) is 606 Å². The first-order valence-corrected chi connectivity index (χ1v) is 43.5. The van der Waals surface area contributed by atoms with E-state index in [1.807, 2.05) is 6.08 Å². The molecule has 8 aliphatic rings. The van der Waals surface area contributed by atoms with E-state index in [4.69, 9.17) is 61.0 Å². The number of amides is 3. The second-order valence-corrected chi connectivity index (χ2v) is 33.2. The SMILES string of the molecule is CCCCCCCCCCCCC/C=C/[C@@H](O)[C@H](CO[C@@H]1O[C@H](CO)[C@@H](O[C@@H]2O[C@H](CO)[C@H](O)[C@H](O[C@@H]3O[C@H](COS(=O)(=O)O)[C@H](O[C@@H]4O[C@H](CO)[C@H](O)[C@H](O[C@@]56C[C@H](O)[C@@H](NC5=O)[C@H]([C@H](O)[C@H](O)CO)O6)[C@H]4O)[C@H](O[C@@H]4O[C@@H](C)[C@@H](O)[C@@H](O)[C@@H]4O)[C@H]3NC(C)=O)[C@H]2O)[C@H](O)[C@H]1O)NC(=O)CCCCCCCCCCCCCCCCC. The van der Waals surface area contributed by atoms with E-state index in [-0.39, 0.29) is 12.3 Å². The van der Waals surface area contributed by atoms with E-state index in [1.54, 1.807) is 6.08 Å². The number of hydrogen-bond donors (Lipinski definition) is 21. The fraction of sp³-hybridized carbons (Fsp3) is 0.935. The minimum atomic E-state index is -5.57. The zero-order valence-electron chi connectivity index (χ0n) is 67.7. The summed E-state index contributed by atoms with van der Waals surface area (Å²) in [7, 11) is -5.57. The van der Waals surface area contributed by atoms with Crippen molar-refractivity contribution >= 4 is 28.1 Å². The van der Waals surface area contributed by atoms with E-state index < -0.39 is 270 Å². The van der Waals surface area contributed by atoms with Crippen molar-refractivity contribution in [1.29, 1.82) is 0 Å². The van der Waals surface area contributed by atoms with E-state index >= 15 is 0 Å². The zero-order valence-corrected chi connectivity index (χ0v) is 68.5. The fourth-order valence-corrected chi connectivity index (χ4v) is 16.2. The van der Waals surface area contributed by atoms with Gasteiger partial charge in [0.15, 0.2) is 31.5 Å². The first-order valence-electron chi connectivity index (χ1n) is 42.2. The molecule has 682 valence electrons. The molecule has 3 amide bonds. The zero-order chi connectivity index (χ0) is 85.7. The van der Waals surface area contributed by atoms with Crippen LogP contribution in [0.5, 0.6) is 0 Å². The van der Waals surface area contributed by atoms with Crippen molar-refractivity contribution in [3.05, 3.63) is 12.2 Å². The highest BCUT2D eigenvalue weighted by Gasteiger charge is 2.65. The standard InChI is InChI=1S/C77H137N3O36S/c1-5-7-9-11-13-15-17-19-20-22-24-26-28-30-32-34-52(89)79-44(45(86)33-31-29-27-25-23-21-18-16-14-12-10-8-6-2)40-104-72-62(97)60(95)65(50(39-84)109-72)111-74-63(98)69(57(92)48(37-82)107-74)114-71-54(78-43(4)85)68(113-73-61(96)59(94)55(90)42(3)106-73)66(51(110-71)41-105-117(101,102)103)112-75-64(99)70(58(93)49(38-83)108-75)116-77-35-46(87)53(80-76(77)100)67(115-77)56(91)47(88)36-81/h31,33,42,44-51,53-75,81-84,86-88,90-99H,5-30,32,34-41H2,1-4H3,(H,78,85)(H,79,89)(H,80,100)(H,101,102,103)/b33-31+/t42-,44-,45+,46-,47+,48+,49+,50+,51+,53+,54+,55+,56+,57-,58-,59+,60+,61-,62+,63+,64+,65+,66-,67+,68+,69-,70-,71-,72+,73-,74-,75-,77-/m0/s1. The first-order chi connectivity index (χ1) is 55.9. The molecule has 21 N–H and O–H groups in total. The highest BCUT2D eigenvalue weighted by molar-refractivity contribution is 7.80. The van der Waals surface area contributed by atoms with Gasteiger partial charge in [0.2, 0.25) is 11.8 Å². The summed E-state index contributed by atoms with van der Waals surface area (Å²) in [6, 6.07) is -4.64. The smallest absolute Gasteiger partial charge is 0.394 e. The molecular weight excluding hydrogens is 1570 g/mol. The monoisotopic (exact) mass is 1710 g/mol. The minimum Gasteiger partial charge on any atom is -0.394 e. The van der Waals surface area contributed by atoms with Gasteiger partial charge in [-0.1, -0.05) is 180 Å². The Hall–Kier alpha value is -3.14. The van der Waals surface area contributed by atoms with Gasteiger partial charge in [-0.2, -0.15) is 8.42 Å². The minimum absolute atomic E-state index is 0.139. The third-order valence-corrected chi connectivity index (χ3v) is 23.2. The van der Waals surface area contributed by atoms with Gasteiger partial charge in [-0.25, -0.2) is 4.18 Å². The molecule has 2 bridgehead atoms. The molecule has 8 rings (SSSR count). The predicted octanol–water partition coefficient (Wildman–Crippen LogP) is -2.45. The molecule has 0 aliphatic carbocycles. The molecular formula is C77H137N3O36S. The highest BCUT2D eigenvalue weighted by Crippen LogP contribution is 2.43. The average Bonchev–Trinajstić information content (AvgIpc) is 0.723. The van der Waals surface area contributed by atoms with Crippen LogP contribution < -0.4 is 16.0 Å². The summed E-state index contributed by atoms with van der Waals surface area (Å²) in [5, 5.41) is 199. The number of aliphatic hydroxyl groups is 17. The van der Waals surface area contributed by atoms with Crippen LogP contribution in [0.1, 0.15) is 214 Å². The normalized spacial score (nSPS) is 37.2. The van der Waals surface area contributed by atoms with Crippen molar-refractivity contribution in [3.8, 4) is 0 Å². The third kappa shape index (κ3) is 29.5. The highest BCUT2D eigenvalue weighted by atomic mass is 32.3. The van der Waals surface area contributed by atoms with E-state index in [0.717, 1.165) is 64.7 Å². The second kappa shape index (κ2) is 50.7. The molecule has 0 unspecified atom stereocenters. The van der Waals surface area contributed by atoms with E-state index in [9.17, 15) is 114 Å². The maximum absolute atomic E-state index is 13.8. The maximum atomic E-state index is 13.8. The number of piperidine rings is 1. The van der Waals surface area contributed by atoms with Gasteiger partial charge in [-0.05, 0) is 26.2 Å². The molecule has 0 saturated carbocycles. The Morgan fingerprint density at radius 2 is 1.02 bits per heavy atom. The van der Waals surface area contributed by atoms with Crippen LogP contribution in [-0.2, 0) is 85.8 Å². The molecule has 40 heteroatoms. The molecule has 39 nitrogen and oxygen atoms in total. The van der Waals surface area contributed by atoms with Gasteiger partial charge in [0.25, 0.3) is 11.7 Å². The number of carbonyl (C=O) groups is 3. The lowest BCUT2D eigenvalue weighted by molar-refractivity contribution is -0.400. The number of carbonyl (C=O) groups excluding carboxylic acids is 3. The summed E-state index contributed by atoms with van der Waals surface area (Å²) >= 11 is 0. The van der Waals surface area contributed by atoms with Gasteiger partial charge < -0.3 is 160 Å². The lowest BCUT2D eigenvalue weighted by Crippen LogP contribution is -2.77. The molecule has 8 heterocycles. The Balaban J connectivity index is 1.09. The lowest BCUT2D eigenvalue weighted by Gasteiger charge is -2.55. The number of morpholine rings is 1. The molecule has 8 fully saturated rings. The van der Waals surface area contributed by atoms with Crippen molar-refractivity contribution in [1.82, 2.24) is 16.0 Å². The van der Waals surface area contributed by atoms with E-state index in [1.165, 1.54) is 110 Å². The second-order valence-electron chi connectivity index (χ2n) is 32.1. The largest absolute Gasteiger partial charge is 0.397 e. The van der Waals surface area contributed by atoms with Crippen molar-refractivity contribution in [2.45, 2.75) is 416 Å². The molecule has 33 atom stereocenters. The Bertz CT molecular complexity index is 2980. The number of unbranched alkanes of at least 4 members (excludes halogenated alkanes) is 25. The Kier molecular flexibility index (Phi) is 43.8. The Labute approximate surface area is 684 Å². The molecule has 0 aromatic heterocycles. The number of hydrogen-bond acceptors (Lipinski definition) is 35. The van der Waals surface area contributed by atoms with Crippen LogP contribution in [-0.4, -0.2) is 359 Å². The van der Waals surface area contributed by atoms with Gasteiger partial charge in [0, 0.05) is 19.8 Å². The van der Waals surface area contributed by atoms with Crippen LogP contribution in [0.2, 0.25) is 0 Å². The maximum Gasteiger partial charge on any atom is 0.397 e. The molecule has 0 spiro atoms. The number of rotatable bonds is 54. The number of fused-ring (bicyclic) bond motifs is 3. The van der Waals surface area contributed by atoms with Gasteiger partial charge in [0.05, 0.1) is 70.0 Å². The van der Waals surface area contributed by atoms with Gasteiger partial charge in [-0.15, -0.1) is 0 Å². The van der Waals surface area contributed by atoms with Crippen LogP contribution in [0, 0.1) is 0 Å².